The summed E-state index contributed by atoms with van der Waals surface area (Å²) in [5, 5.41) is 0. The van der Waals surface area contributed by atoms with Crippen LogP contribution in [0.4, 0.5) is 0 Å². The van der Waals surface area contributed by atoms with Crippen molar-refractivity contribution in [3.8, 4) is 5.69 Å². The third-order valence-corrected chi connectivity index (χ3v) is 3.24. The number of hydrogen-bond donors (Lipinski definition) is 1. The van der Waals surface area contributed by atoms with Gasteiger partial charge in [0.15, 0.2) is 0 Å². The maximum Gasteiger partial charge on any atom is 0.113 e. The molecule has 0 fully saturated rings. The molecular formula is C15H11N3. The van der Waals surface area contributed by atoms with Crippen LogP contribution < -0.4 is 0 Å². The van der Waals surface area contributed by atoms with Gasteiger partial charge in [0.2, 0.25) is 0 Å². The standard InChI is InChI=1S/C15H11N3/c1-2-5-11(6-3-1)18-12-7-4-9-16-14(12)15-13(18)8-10-17-15/h1-10,17H. The maximum atomic E-state index is 4.48. The summed E-state index contributed by atoms with van der Waals surface area (Å²) in [5.74, 6) is 0. The van der Waals surface area contributed by atoms with Gasteiger partial charge in [-0.3, -0.25) is 4.98 Å². The van der Waals surface area contributed by atoms with Crippen LogP contribution in [0.1, 0.15) is 0 Å². The number of aromatic amines is 1. The Morgan fingerprint density at radius 2 is 1.78 bits per heavy atom. The van der Waals surface area contributed by atoms with Crippen molar-refractivity contribution >= 4 is 22.1 Å². The summed E-state index contributed by atoms with van der Waals surface area (Å²) in [5.41, 5.74) is 5.56. The number of nitrogens with one attached hydrogen (secondary N) is 1. The van der Waals surface area contributed by atoms with Crippen molar-refractivity contribution in [3.05, 3.63) is 60.9 Å². The van der Waals surface area contributed by atoms with Gasteiger partial charge in [0.05, 0.1) is 16.6 Å². The quantitative estimate of drug-likeness (QED) is 0.536. The van der Waals surface area contributed by atoms with Gasteiger partial charge in [0.25, 0.3) is 0 Å². The Morgan fingerprint density at radius 1 is 0.889 bits per heavy atom. The lowest BCUT2D eigenvalue weighted by atomic mass is 10.3. The number of pyridine rings is 1. The molecule has 3 heterocycles. The second kappa shape index (κ2) is 3.47. The predicted molar refractivity (Wildman–Crippen MR) is 72.9 cm³/mol. The first-order chi connectivity index (χ1) is 8.95. The monoisotopic (exact) mass is 233 g/mol. The summed E-state index contributed by atoms with van der Waals surface area (Å²) in [6, 6.07) is 16.5. The molecule has 86 valence electrons. The van der Waals surface area contributed by atoms with Gasteiger partial charge in [-0.15, -0.1) is 0 Å². The van der Waals surface area contributed by atoms with Crippen LogP contribution in [0, 0.1) is 0 Å². The van der Waals surface area contributed by atoms with E-state index in [2.05, 4.69) is 50.9 Å². The van der Waals surface area contributed by atoms with Crippen LogP contribution in [0.5, 0.6) is 0 Å². The molecule has 1 N–H and O–H groups in total. The number of hydrogen-bond acceptors (Lipinski definition) is 1. The summed E-state index contributed by atoms with van der Waals surface area (Å²) in [4.78, 5) is 7.75. The van der Waals surface area contributed by atoms with E-state index < -0.39 is 0 Å². The van der Waals surface area contributed by atoms with Crippen LogP contribution in [0.2, 0.25) is 0 Å². The number of para-hydroxylation sites is 1. The lowest BCUT2D eigenvalue weighted by Crippen LogP contribution is -1.92. The molecule has 3 heteroatoms. The molecule has 4 rings (SSSR count). The Morgan fingerprint density at radius 3 is 2.67 bits per heavy atom. The second-order valence-electron chi connectivity index (χ2n) is 4.28. The van der Waals surface area contributed by atoms with Crippen LogP contribution in [0.25, 0.3) is 27.8 Å². The van der Waals surface area contributed by atoms with Gasteiger partial charge in [-0.05, 0) is 30.3 Å². The highest BCUT2D eigenvalue weighted by molar-refractivity contribution is 6.04. The van der Waals surface area contributed by atoms with Crippen LogP contribution in [-0.4, -0.2) is 14.5 Å². The summed E-state index contributed by atoms with van der Waals surface area (Å²) in [6.45, 7) is 0. The fourth-order valence-electron chi connectivity index (χ4n) is 2.49. The van der Waals surface area contributed by atoms with E-state index in [9.17, 15) is 0 Å². The zero-order chi connectivity index (χ0) is 11.9. The van der Waals surface area contributed by atoms with Gasteiger partial charge in [-0.2, -0.15) is 0 Å². The first-order valence-electron chi connectivity index (χ1n) is 5.93. The highest BCUT2D eigenvalue weighted by Gasteiger charge is 2.12. The molecule has 0 unspecified atom stereocenters. The van der Waals surface area contributed by atoms with Crippen molar-refractivity contribution in [3.63, 3.8) is 0 Å². The highest BCUT2D eigenvalue weighted by Crippen LogP contribution is 2.29. The molecule has 0 saturated carbocycles. The molecule has 0 spiro atoms. The van der Waals surface area contributed by atoms with Crippen molar-refractivity contribution in [1.82, 2.24) is 14.5 Å². The van der Waals surface area contributed by atoms with Gasteiger partial charge in [-0.25, -0.2) is 0 Å². The lowest BCUT2D eigenvalue weighted by Gasteiger charge is -2.05. The molecule has 1 aromatic carbocycles. The Hall–Kier alpha value is -2.55. The minimum absolute atomic E-state index is 1.02. The van der Waals surface area contributed by atoms with E-state index in [1.54, 1.807) is 0 Å². The molecule has 0 bridgehead atoms. The third kappa shape index (κ3) is 1.16. The number of nitrogens with zero attached hydrogens (tertiary/aromatic N) is 2. The van der Waals surface area contributed by atoms with Gasteiger partial charge < -0.3 is 9.55 Å². The zero-order valence-corrected chi connectivity index (χ0v) is 9.67. The number of fused-ring (bicyclic) bond motifs is 3. The zero-order valence-electron chi connectivity index (χ0n) is 9.67. The fraction of sp³-hybridized carbons (Fsp3) is 0. The number of benzene rings is 1. The van der Waals surface area contributed by atoms with Gasteiger partial charge >= 0.3 is 0 Å². The molecule has 3 aromatic heterocycles. The van der Waals surface area contributed by atoms with E-state index in [0.29, 0.717) is 0 Å². The van der Waals surface area contributed by atoms with E-state index in [4.69, 9.17) is 0 Å². The molecule has 4 aromatic rings. The average Bonchev–Trinajstić information content (AvgIpc) is 2.99. The van der Waals surface area contributed by atoms with Crippen LogP contribution >= 0.6 is 0 Å². The van der Waals surface area contributed by atoms with E-state index in [1.807, 2.05) is 24.5 Å². The van der Waals surface area contributed by atoms with E-state index in [1.165, 1.54) is 0 Å². The van der Waals surface area contributed by atoms with Crippen molar-refractivity contribution in [2.45, 2.75) is 0 Å². The molecule has 0 amide bonds. The highest BCUT2D eigenvalue weighted by atomic mass is 15.0. The summed E-state index contributed by atoms with van der Waals surface area (Å²) in [6.07, 6.45) is 3.79. The number of rotatable bonds is 1. The summed E-state index contributed by atoms with van der Waals surface area (Å²) < 4.78 is 2.23. The largest absolute Gasteiger partial charge is 0.358 e. The third-order valence-electron chi connectivity index (χ3n) is 3.24. The Balaban J connectivity index is 2.22. The maximum absolute atomic E-state index is 4.48. The first kappa shape index (κ1) is 9.48. The van der Waals surface area contributed by atoms with E-state index >= 15 is 0 Å². The minimum Gasteiger partial charge on any atom is -0.358 e. The van der Waals surface area contributed by atoms with Crippen LogP contribution in [0.15, 0.2) is 60.9 Å². The molecule has 0 aliphatic carbocycles. The van der Waals surface area contributed by atoms with Gasteiger partial charge in [-0.1, -0.05) is 18.2 Å². The molecular weight excluding hydrogens is 222 g/mol. The van der Waals surface area contributed by atoms with E-state index in [0.717, 1.165) is 27.8 Å². The summed E-state index contributed by atoms with van der Waals surface area (Å²) in [7, 11) is 0. The Labute approximate surface area is 104 Å². The van der Waals surface area contributed by atoms with Crippen molar-refractivity contribution in [2.75, 3.05) is 0 Å². The summed E-state index contributed by atoms with van der Waals surface area (Å²) >= 11 is 0. The fourth-order valence-corrected chi connectivity index (χ4v) is 2.49. The van der Waals surface area contributed by atoms with Crippen LogP contribution in [-0.2, 0) is 0 Å². The molecule has 0 saturated heterocycles. The molecule has 0 aliphatic heterocycles. The number of aromatic nitrogens is 3. The SMILES string of the molecule is c1ccc(-n2c3cccnc3c3[nH]ccc32)cc1. The van der Waals surface area contributed by atoms with Gasteiger partial charge in [0.1, 0.15) is 5.52 Å². The first-order valence-corrected chi connectivity index (χ1v) is 5.93. The predicted octanol–water partition coefficient (Wildman–Crippen LogP) is 3.51. The smallest absolute Gasteiger partial charge is 0.113 e. The minimum atomic E-state index is 1.02. The lowest BCUT2D eigenvalue weighted by molar-refractivity contribution is 1.18. The Kier molecular flexibility index (Phi) is 1.83. The normalized spacial score (nSPS) is 11.3. The number of H-pyrrole nitrogens is 1. The molecule has 0 radical (unpaired) electrons. The van der Waals surface area contributed by atoms with Gasteiger partial charge in [0, 0.05) is 18.1 Å². The van der Waals surface area contributed by atoms with E-state index in [-0.39, 0.29) is 0 Å². The average molecular weight is 233 g/mol. The van der Waals surface area contributed by atoms with Crippen molar-refractivity contribution in [2.24, 2.45) is 0 Å². The molecule has 3 nitrogen and oxygen atoms in total. The topological polar surface area (TPSA) is 33.6 Å². The molecule has 0 atom stereocenters. The van der Waals surface area contributed by atoms with Crippen molar-refractivity contribution in [1.29, 1.82) is 0 Å². The molecule has 0 aliphatic rings. The molecule has 18 heavy (non-hydrogen) atoms. The van der Waals surface area contributed by atoms with Crippen molar-refractivity contribution < 1.29 is 0 Å². The van der Waals surface area contributed by atoms with Crippen LogP contribution in [0.3, 0.4) is 0 Å². The second-order valence-corrected chi connectivity index (χ2v) is 4.28. The Bertz CT molecular complexity index is 825.